The van der Waals surface area contributed by atoms with E-state index >= 15 is 0 Å². The smallest absolute Gasteiger partial charge is 0.0900 e. The minimum absolute atomic E-state index is 0.0538. The van der Waals surface area contributed by atoms with Crippen LogP contribution in [0.5, 0.6) is 0 Å². The molecule has 12 N–H and O–H groups in total. The number of aliphatic hydroxyl groups excluding tert-OH is 3. The Labute approximate surface area is 310 Å². The third-order valence-corrected chi connectivity index (χ3v) is 10.0. The summed E-state index contributed by atoms with van der Waals surface area (Å²) in [5.74, 6) is 0.425. The van der Waals surface area contributed by atoms with E-state index in [4.69, 9.17) is 27.9 Å². The molecule has 0 aromatic rings. The van der Waals surface area contributed by atoms with Gasteiger partial charge in [-0.05, 0) is 25.2 Å². The number of nitrogens with one attached hydrogen (secondary N) is 4. The van der Waals surface area contributed by atoms with Crippen LogP contribution in [0.4, 0.5) is 0 Å². The molecule has 0 aromatic carbocycles. The van der Waals surface area contributed by atoms with Gasteiger partial charge in [0.05, 0.1) is 67.0 Å². The third-order valence-electron chi connectivity index (χ3n) is 7.86. The number of hydrogen-bond donors (Lipinski definition) is 12. The lowest BCUT2D eigenvalue weighted by Crippen LogP contribution is -2.44. The van der Waals surface area contributed by atoms with Gasteiger partial charge in [0.2, 0.25) is 0 Å². The molecule has 4 unspecified atom stereocenters. The predicted molar refractivity (Wildman–Crippen MR) is 206 cm³/mol. The molecule has 0 saturated heterocycles. The molecular formula is C32H75N5O12S2. The van der Waals surface area contributed by atoms with Crippen LogP contribution in [0.2, 0.25) is 0 Å². The summed E-state index contributed by atoms with van der Waals surface area (Å²) in [4.78, 5) is 1.98. The van der Waals surface area contributed by atoms with Gasteiger partial charge < -0.3 is 73.6 Å². The van der Waals surface area contributed by atoms with Gasteiger partial charge >= 0.3 is 0 Å². The minimum atomic E-state index is -3.54. The zero-order chi connectivity index (χ0) is 38.2. The zero-order valence-corrected chi connectivity index (χ0v) is 33.1. The molecule has 51 heavy (non-hydrogen) atoms. The van der Waals surface area contributed by atoms with Gasteiger partial charge in [-0.3, -0.25) is 9.08 Å². The zero-order valence-electron chi connectivity index (χ0n) is 31.5. The number of aliphatic hydroxyl groups is 3. The van der Waals surface area contributed by atoms with E-state index in [2.05, 4.69) is 39.3 Å². The van der Waals surface area contributed by atoms with Crippen LogP contribution in [-0.2, 0) is 18.4 Å². The molecule has 0 aliphatic rings. The molecule has 0 radical (unpaired) electrons. The largest absolute Gasteiger partial charge is 0.389 e. The van der Waals surface area contributed by atoms with E-state index in [1.165, 1.54) is 13.5 Å². The average Bonchev–Trinajstić information content (AvgIpc) is 3.07. The number of hydrogen-bond acceptors (Lipinski definition) is 17. The first-order chi connectivity index (χ1) is 24.3. The second kappa shape index (κ2) is 33.4. The molecule has 19 heteroatoms. The molecule has 4 atom stereocenters. The Bertz CT molecular complexity index is 768. The molecule has 17 nitrogen and oxygen atoms in total. The average molecular weight is 786 g/mol. The molecule has 0 spiro atoms. The maximum absolute atomic E-state index is 10.7. The minimum Gasteiger partial charge on any atom is -0.389 e. The van der Waals surface area contributed by atoms with Gasteiger partial charge in [0, 0.05) is 103 Å². The third kappa shape index (κ3) is 35.5. The highest BCUT2D eigenvalue weighted by molar-refractivity contribution is 8.20. The molecule has 0 rings (SSSR count). The second-order valence-electron chi connectivity index (χ2n) is 12.8. The Balaban J connectivity index is 4.16. The molecule has 0 aliphatic carbocycles. The van der Waals surface area contributed by atoms with Crippen molar-refractivity contribution in [2.75, 3.05) is 130 Å². The van der Waals surface area contributed by atoms with Crippen molar-refractivity contribution in [2.24, 2.45) is 5.92 Å². The van der Waals surface area contributed by atoms with E-state index in [-0.39, 0.29) is 44.4 Å². The molecule has 0 fully saturated rings. The van der Waals surface area contributed by atoms with Gasteiger partial charge in [-0.1, -0.05) is 33.1 Å². The van der Waals surface area contributed by atoms with Gasteiger partial charge in [0.15, 0.2) is 0 Å². The molecule has 0 aromatic heterocycles. The number of ether oxygens (including phenoxy) is 3. The molecule has 0 aliphatic heterocycles. The quantitative estimate of drug-likeness (QED) is 0.0393. The summed E-state index contributed by atoms with van der Waals surface area (Å²) < 4.78 is 67.3. The van der Waals surface area contributed by atoms with Crippen LogP contribution < -0.4 is 21.3 Å². The van der Waals surface area contributed by atoms with Gasteiger partial charge in [0.1, 0.15) is 0 Å². The van der Waals surface area contributed by atoms with Crippen LogP contribution in [0.15, 0.2) is 0 Å². The van der Waals surface area contributed by atoms with Crippen molar-refractivity contribution in [2.45, 2.75) is 70.7 Å². The van der Waals surface area contributed by atoms with Crippen LogP contribution in [0.3, 0.4) is 0 Å². The summed E-state index contributed by atoms with van der Waals surface area (Å²) >= 11 is 0. The van der Waals surface area contributed by atoms with Crippen molar-refractivity contribution in [3.63, 3.8) is 0 Å². The van der Waals surface area contributed by atoms with Gasteiger partial charge in [0.25, 0.3) is 0 Å². The van der Waals surface area contributed by atoms with E-state index in [1.807, 2.05) is 4.90 Å². The molecular weight excluding hydrogens is 711 g/mol. The first kappa shape index (κ1) is 51.0. The fourth-order valence-corrected chi connectivity index (χ4v) is 6.09. The Morgan fingerprint density at radius 1 is 0.608 bits per heavy atom. The standard InChI is InChI=1S/C32H75N5O12S2/c1-4-6-9-29(5-2)25-49-28-32(40)24-37(23-31(39)27-48-18-7-20-50(41,42)43)17-16-35-13-12-33-10-11-34-14-15-36-22-30(38)26-47-19-8-21-51(44,45)46-3/h29-36,38-45H,4-28H2,1-3H3. The predicted octanol–water partition coefficient (Wildman–Crippen LogP) is 1.31. The fourth-order valence-electron chi connectivity index (χ4n) is 4.92. The topological polar surface area (TPSA) is 250 Å². The van der Waals surface area contributed by atoms with Crippen molar-refractivity contribution in [1.82, 2.24) is 26.2 Å². The highest BCUT2D eigenvalue weighted by Gasteiger charge is 2.18. The molecule has 0 heterocycles. The Hall–Kier alpha value is 0.0200. The van der Waals surface area contributed by atoms with Crippen molar-refractivity contribution < 1.29 is 56.5 Å². The highest BCUT2D eigenvalue weighted by Crippen LogP contribution is 2.38. The number of nitrogens with zero attached hydrogens (tertiary/aromatic N) is 1. The number of rotatable bonds is 39. The summed E-state index contributed by atoms with van der Waals surface area (Å²) in [5.41, 5.74) is 0. The summed E-state index contributed by atoms with van der Waals surface area (Å²) in [6.45, 7) is 12.8. The van der Waals surface area contributed by atoms with Crippen LogP contribution in [0.1, 0.15) is 52.4 Å². The van der Waals surface area contributed by atoms with Crippen LogP contribution in [-0.4, -0.2) is 192 Å². The lowest BCUT2D eigenvalue weighted by molar-refractivity contribution is -0.0156. The molecule has 0 amide bonds. The summed E-state index contributed by atoms with van der Waals surface area (Å²) in [6.07, 6.45) is 3.03. The Morgan fingerprint density at radius 3 is 1.65 bits per heavy atom. The SMILES string of the molecule is CCCCC(CC)COCC(O)CN(CCNCCNCCNCCNCC(O)COCCCS(O)(O)OC)CC(O)COCCCS(O)(O)O. The normalized spacial score (nSPS) is 15.7. The summed E-state index contributed by atoms with van der Waals surface area (Å²) in [7, 11) is -5.27. The summed E-state index contributed by atoms with van der Waals surface area (Å²) in [5, 5.41) is 44.5. The van der Waals surface area contributed by atoms with Gasteiger partial charge in [-0.25, -0.2) is 0 Å². The van der Waals surface area contributed by atoms with Crippen molar-refractivity contribution in [3.8, 4) is 0 Å². The van der Waals surface area contributed by atoms with E-state index in [9.17, 15) is 24.4 Å². The monoisotopic (exact) mass is 785 g/mol. The maximum Gasteiger partial charge on any atom is 0.0900 e. The van der Waals surface area contributed by atoms with Crippen LogP contribution in [0.25, 0.3) is 0 Å². The first-order valence-corrected chi connectivity index (χ1v) is 21.8. The molecule has 312 valence electrons. The highest BCUT2D eigenvalue weighted by atomic mass is 32.3. The van der Waals surface area contributed by atoms with Gasteiger partial charge in [-0.2, -0.15) is 0 Å². The van der Waals surface area contributed by atoms with E-state index < -0.39 is 40.1 Å². The van der Waals surface area contributed by atoms with Crippen LogP contribution >= 0.6 is 21.7 Å². The maximum atomic E-state index is 10.7. The molecule has 0 saturated carbocycles. The fraction of sp³-hybridized carbons (Fsp3) is 1.00. The molecule has 0 bridgehead atoms. The van der Waals surface area contributed by atoms with Crippen molar-refractivity contribution in [1.29, 1.82) is 0 Å². The Kier molecular flexibility index (Phi) is 33.4. The van der Waals surface area contributed by atoms with Crippen LogP contribution in [0, 0.1) is 5.92 Å². The van der Waals surface area contributed by atoms with E-state index in [1.54, 1.807) is 0 Å². The van der Waals surface area contributed by atoms with Gasteiger partial charge in [-0.15, -0.1) is 0 Å². The first-order valence-electron chi connectivity index (χ1n) is 18.4. The second-order valence-corrected chi connectivity index (χ2v) is 16.4. The lowest BCUT2D eigenvalue weighted by atomic mass is 10.0. The summed E-state index contributed by atoms with van der Waals surface area (Å²) in [6, 6.07) is 0. The Morgan fingerprint density at radius 2 is 1.12 bits per heavy atom. The van der Waals surface area contributed by atoms with Crippen molar-refractivity contribution >= 4 is 21.7 Å². The van der Waals surface area contributed by atoms with E-state index in [0.717, 1.165) is 52.0 Å². The lowest BCUT2D eigenvalue weighted by Gasteiger charge is -2.28. The van der Waals surface area contributed by atoms with Crippen molar-refractivity contribution in [3.05, 3.63) is 0 Å². The van der Waals surface area contributed by atoms with E-state index in [0.29, 0.717) is 64.8 Å². The number of unbranched alkanes of at least 4 members (excludes halogenated alkanes) is 1.